The number of aromatic nitrogens is 1. The molecule has 0 aliphatic rings. The highest BCUT2D eigenvalue weighted by Crippen LogP contribution is 2.16. The molecule has 2 rings (SSSR count). The lowest BCUT2D eigenvalue weighted by atomic mass is 10.1. The number of carbonyl (C=O) groups excluding carboxylic acids is 1. The van der Waals surface area contributed by atoms with E-state index in [1.54, 1.807) is 12.3 Å². The van der Waals surface area contributed by atoms with Gasteiger partial charge in [-0.05, 0) is 32.0 Å². The van der Waals surface area contributed by atoms with E-state index in [1.807, 2.05) is 26.0 Å². The van der Waals surface area contributed by atoms with Crippen molar-refractivity contribution in [2.75, 3.05) is 6.54 Å². The Bertz CT molecular complexity index is 695. The monoisotopic (exact) mass is 283 g/mol. The van der Waals surface area contributed by atoms with Gasteiger partial charge >= 0.3 is 0 Å². The van der Waals surface area contributed by atoms with E-state index in [9.17, 15) is 4.79 Å². The summed E-state index contributed by atoms with van der Waals surface area (Å²) in [5.41, 5.74) is 6.44. The van der Waals surface area contributed by atoms with Gasteiger partial charge in [-0.2, -0.15) is 0 Å². The average Bonchev–Trinajstić information content (AvgIpc) is 2.92. The molecule has 3 N–H and O–H groups in total. The maximum atomic E-state index is 12.2. The lowest BCUT2D eigenvalue weighted by molar-refractivity contribution is 0.0934. The number of amides is 1. The predicted octanol–water partition coefficient (Wildman–Crippen LogP) is 1.78. The summed E-state index contributed by atoms with van der Waals surface area (Å²) in [4.78, 5) is 16.2. The summed E-state index contributed by atoms with van der Waals surface area (Å²) < 4.78 is 5.49. The predicted molar refractivity (Wildman–Crippen MR) is 79.5 cm³/mol. The van der Waals surface area contributed by atoms with Crippen LogP contribution in [0.3, 0.4) is 0 Å². The zero-order chi connectivity index (χ0) is 15.2. The fourth-order valence-electron chi connectivity index (χ4n) is 1.82. The van der Waals surface area contributed by atoms with Gasteiger partial charge in [0.2, 0.25) is 0 Å². The number of hydrogen-bond acceptors (Lipinski definition) is 4. The van der Waals surface area contributed by atoms with Crippen molar-refractivity contribution in [3.05, 3.63) is 53.2 Å². The van der Waals surface area contributed by atoms with Crippen molar-refractivity contribution in [2.45, 2.75) is 19.9 Å². The van der Waals surface area contributed by atoms with Crippen LogP contribution in [0.5, 0.6) is 0 Å². The largest absolute Gasteiger partial charge is 0.464 e. The zero-order valence-electron chi connectivity index (χ0n) is 12.0. The van der Waals surface area contributed by atoms with Crippen molar-refractivity contribution in [3.63, 3.8) is 0 Å². The summed E-state index contributed by atoms with van der Waals surface area (Å²) >= 11 is 0. The van der Waals surface area contributed by atoms with E-state index in [0.717, 1.165) is 5.76 Å². The van der Waals surface area contributed by atoms with E-state index in [0.29, 0.717) is 16.9 Å². The second-order valence-electron chi connectivity index (χ2n) is 4.61. The average molecular weight is 283 g/mol. The quantitative estimate of drug-likeness (QED) is 0.841. The molecule has 0 saturated carbocycles. The summed E-state index contributed by atoms with van der Waals surface area (Å²) in [6.07, 6.45) is 3.10. The summed E-state index contributed by atoms with van der Waals surface area (Å²) in [5.74, 6) is 6.89. The molecular weight excluding hydrogens is 266 g/mol. The molecule has 0 aromatic carbocycles. The number of pyridine rings is 1. The maximum absolute atomic E-state index is 12.2. The van der Waals surface area contributed by atoms with E-state index in [4.69, 9.17) is 10.2 Å². The van der Waals surface area contributed by atoms with Gasteiger partial charge < -0.3 is 15.5 Å². The summed E-state index contributed by atoms with van der Waals surface area (Å²) in [6, 6.07) is 5.18. The molecule has 2 heterocycles. The van der Waals surface area contributed by atoms with Gasteiger partial charge in [0.15, 0.2) is 0 Å². The fraction of sp³-hybridized carbons (Fsp3) is 0.250. The molecule has 2 aromatic heterocycles. The number of nitrogens with one attached hydrogen (secondary N) is 1. The number of aryl methyl sites for hydroxylation is 1. The van der Waals surface area contributed by atoms with Crippen molar-refractivity contribution in [3.8, 4) is 11.8 Å². The van der Waals surface area contributed by atoms with Gasteiger partial charge in [0.25, 0.3) is 5.91 Å². The van der Waals surface area contributed by atoms with Crippen LogP contribution in [0.4, 0.5) is 0 Å². The molecule has 108 valence electrons. The molecule has 0 radical (unpaired) electrons. The van der Waals surface area contributed by atoms with Gasteiger partial charge in [0.1, 0.15) is 11.5 Å². The van der Waals surface area contributed by atoms with E-state index >= 15 is 0 Å². The second kappa shape index (κ2) is 6.73. The van der Waals surface area contributed by atoms with E-state index in [-0.39, 0.29) is 18.5 Å². The molecule has 2 aromatic rings. The van der Waals surface area contributed by atoms with E-state index in [1.165, 1.54) is 6.20 Å². The van der Waals surface area contributed by atoms with E-state index < -0.39 is 0 Å². The molecular formula is C16H17N3O2. The molecule has 0 bridgehead atoms. The highest BCUT2D eigenvalue weighted by Gasteiger charge is 2.14. The van der Waals surface area contributed by atoms with Crippen molar-refractivity contribution >= 4 is 5.91 Å². The lowest BCUT2D eigenvalue weighted by Gasteiger charge is -2.11. The van der Waals surface area contributed by atoms with Crippen LogP contribution < -0.4 is 11.1 Å². The first-order valence-electron chi connectivity index (χ1n) is 6.61. The molecule has 1 unspecified atom stereocenters. The lowest BCUT2D eigenvalue weighted by Crippen LogP contribution is -2.26. The summed E-state index contributed by atoms with van der Waals surface area (Å²) in [5, 5.41) is 2.86. The third-order valence-corrected chi connectivity index (χ3v) is 2.87. The SMILES string of the molecule is Cc1ccc(C(C)NC(=O)c2cncc(C#CCN)c2)o1. The minimum atomic E-state index is -0.222. The number of furan rings is 1. The smallest absolute Gasteiger partial charge is 0.253 e. The van der Waals surface area contributed by atoms with Crippen LogP contribution in [-0.4, -0.2) is 17.4 Å². The Morgan fingerprint density at radius 2 is 2.29 bits per heavy atom. The first-order valence-corrected chi connectivity index (χ1v) is 6.61. The Morgan fingerprint density at radius 1 is 1.48 bits per heavy atom. The van der Waals surface area contributed by atoms with E-state index in [2.05, 4.69) is 22.1 Å². The van der Waals surface area contributed by atoms with Crippen LogP contribution in [0.2, 0.25) is 0 Å². The Hall–Kier alpha value is -2.58. The topological polar surface area (TPSA) is 81.2 Å². The molecule has 0 aliphatic heterocycles. The Kier molecular flexibility index (Phi) is 4.75. The van der Waals surface area contributed by atoms with Crippen LogP contribution >= 0.6 is 0 Å². The van der Waals surface area contributed by atoms with Gasteiger partial charge in [0.05, 0.1) is 18.2 Å². The minimum Gasteiger partial charge on any atom is -0.464 e. The van der Waals surface area contributed by atoms with Crippen molar-refractivity contribution in [1.29, 1.82) is 0 Å². The van der Waals surface area contributed by atoms with Gasteiger partial charge in [-0.15, -0.1) is 0 Å². The highest BCUT2D eigenvalue weighted by molar-refractivity contribution is 5.94. The standard InChI is InChI=1S/C16H17N3O2/c1-11-5-6-15(21-11)12(2)19-16(20)14-8-13(4-3-7-17)9-18-10-14/h5-6,8-10,12H,7,17H2,1-2H3,(H,19,20). The number of rotatable bonds is 3. The van der Waals surface area contributed by atoms with Crippen LogP contribution in [0.1, 0.15) is 40.4 Å². The molecule has 1 amide bonds. The normalized spacial score (nSPS) is 11.4. The number of nitrogens with two attached hydrogens (primary N) is 1. The first kappa shape index (κ1) is 14.8. The van der Waals surface area contributed by atoms with Crippen LogP contribution in [0.25, 0.3) is 0 Å². The molecule has 0 saturated heterocycles. The fourth-order valence-corrected chi connectivity index (χ4v) is 1.82. The van der Waals surface area contributed by atoms with Gasteiger partial charge in [-0.25, -0.2) is 0 Å². The van der Waals surface area contributed by atoms with Crippen molar-refractivity contribution in [1.82, 2.24) is 10.3 Å². The maximum Gasteiger partial charge on any atom is 0.253 e. The highest BCUT2D eigenvalue weighted by atomic mass is 16.3. The summed E-state index contributed by atoms with van der Waals surface area (Å²) in [7, 11) is 0. The zero-order valence-corrected chi connectivity index (χ0v) is 12.0. The summed E-state index contributed by atoms with van der Waals surface area (Å²) in [6.45, 7) is 3.99. The number of carbonyl (C=O) groups is 1. The first-order chi connectivity index (χ1) is 10.1. The van der Waals surface area contributed by atoms with Crippen LogP contribution in [0, 0.1) is 18.8 Å². The molecule has 0 spiro atoms. The minimum absolute atomic E-state index is 0.218. The van der Waals surface area contributed by atoms with Gasteiger partial charge in [-0.3, -0.25) is 9.78 Å². The second-order valence-corrected chi connectivity index (χ2v) is 4.61. The van der Waals surface area contributed by atoms with Gasteiger partial charge in [-0.1, -0.05) is 11.8 Å². The number of hydrogen-bond donors (Lipinski definition) is 2. The van der Waals surface area contributed by atoms with Gasteiger partial charge in [0, 0.05) is 18.0 Å². The van der Waals surface area contributed by atoms with Crippen molar-refractivity contribution in [2.24, 2.45) is 5.73 Å². The molecule has 1 atom stereocenters. The van der Waals surface area contributed by atoms with Crippen LogP contribution in [-0.2, 0) is 0 Å². The van der Waals surface area contributed by atoms with Crippen molar-refractivity contribution < 1.29 is 9.21 Å². The Morgan fingerprint density at radius 3 is 2.95 bits per heavy atom. The third kappa shape index (κ3) is 3.94. The number of nitrogens with zero attached hydrogens (tertiary/aromatic N) is 1. The van der Waals surface area contributed by atoms with Crippen LogP contribution in [0.15, 0.2) is 35.0 Å². The Labute approximate surface area is 123 Å². The molecule has 0 fully saturated rings. The molecule has 5 nitrogen and oxygen atoms in total. The molecule has 21 heavy (non-hydrogen) atoms. The molecule has 0 aliphatic carbocycles. The third-order valence-electron chi connectivity index (χ3n) is 2.87. The Balaban J connectivity index is 2.09. The molecule has 5 heteroatoms.